The highest BCUT2D eigenvalue weighted by atomic mass is 35.5. The van der Waals surface area contributed by atoms with E-state index in [1.807, 2.05) is 13.8 Å². The van der Waals surface area contributed by atoms with E-state index in [-0.39, 0.29) is 18.5 Å². The van der Waals surface area contributed by atoms with Gasteiger partial charge in [0.2, 0.25) is 5.79 Å². The fraction of sp³-hybridized carbons (Fsp3) is 0.947. The molecule has 0 amide bonds. The zero-order valence-electron chi connectivity index (χ0n) is 15.8. The van der Waals surface area contributed by atoms with Crippen molar-refractivity contribution >= 4 is 17.6 Å². The van der Waals surface area contributed by atoms with Crippen molar-refractivity contribution in [2.45, 2.75) is 82.6 Å². The minimum absolute atomic E-state index is 0.0599. The van der Waals surface area contributed by atoms with Crippen LogP contribution in [0.2, 0.25) is 0 Å². The second kappa shape index (κ2) is 6.59. The Morgan fingerprint density at radius 2 is 2.00 bits per heavy atom. The third-order valence-electron chi connectivity index (χ3n) is 6.87. The lowest BCUT2D eigenvalue weighted by Gasteiger charge is -2.50. The van der Waals surface area contributed by atoms with Crippen LogP contribution in [0.25, 0.3) is 0 Å². The number of esters is 1. The molecular weight excluding hydrogens is 360 g/mol. The number of rotatable bonds is 5. The van der Waals surface area contributed by atoms with Crippen LogP contribution in [0.15, 0.2) is 0 Å². The Morgan fingerprint density at radius 1 is 1.19 bits per heavy atom. The summed E-state index contributed by atoms with van der Waals surface area (Å²) in [7, 11) is 0. The molecule has 0 aromatic rings. The Labute approximate surface area is 159 Å². The fourth-order valence-corrected chi connectivity index (χ4v) is 5.59. The largest absolute Gasteiger partial charge is 0.463 e. The highest BCUT2D eigenvalue weighted by Gasteiger charge is 2.74. The van der Waals surface area contributed by atoms with Crippen LogP contribution in [0, 0.1) is 17.8 Å². The third kappa shape index (κ3) is 2.80. The zero-order valence-corrected chi connectivity index (χ0v) is 16.5. The zero-order chi connectivity index (χ0) is 18.6. The van der Waals surface area contributed by atoms with Gasteiger partial charge >= 0.3 is 5.97 Å². The molecule has 7 heteroatoms. The summed E-state index contributed by atoms with van der Waals surface area (Å²) in [4.78, 5) is 23.8. The van der Waals surface area contributed by atoms with Gasteiger partial charge in [0.05, 0.1) is 0 Å². The number of hydrogen-bond donors (Lipinski definition) is 0. The molecule has 0 aromatic carbocycles. The van der Waals surface area contributed by atoms with Gasteiger partial charge in [0.1, 0.15) is 12.2 Å². The predicted octanol–water partition coefficient (Wildman–Crippen LogP) is 3.55. The Hall–Kier alpha value is -0.400. The minimum atomic E-state index is -0.778. The van der Waals surface area contributed by atoms with Crippen molar-refractivity contribution < 1.29 is 28.8 Å². The normalized spacial score (nSPS) is 49.5. The first-order chi connectivity index (χ1) is 12.3. The van der Waals surface area contributed by atoms with Gasteiger partial charge in [-0.15, -0.1) is 11.6 Å². The fourth-order valence-electron chi connectivity index (χ4n) is 5.45. The molecule has 5 fully saturated rings. The third-order valence-corrected chi connectivity index (χ3v) is 7.13. The number of carbonyl (C=O) groups is 1. The van der Waals surface area contributed by atoms with E-state index in [0.29, 0.717) is 30.6 Å². The molecule has 0 radical (unpaired) electrons. The quantitative estimate of drug-likeness (QED) is 0.407. The molecule has 0 aromatic heterocycles. The molecule has 1 aliphatic carbocycles. The van der Waals surface area contributed by atoms with Gasteiger partial charge in [-0.25, -0.2) is 9.78 Å². The first-order valence-electron chi connectivity index (χ1n) is 9.77. The van der Waals surface area contributed by atoms with E-state index >= 15 is 0 Å². The SMILES string of the molecule is C[C@@H]1CCC2[C@]34OO[C@](C)(CC[C@@H]13)O[C@@H]4O[C@]2(C)COC(=O)CCCCl. The van der Waals surface area contributed by atoms with Crippen molar-refractivity contribution in [3.8, 4) is 0 Å². The Kier molecular flexibility index (Phi) is 4.80. The van der Waals surface area contributed by atoms with Gasteiger partial charge in [0, 0.05) is 24.6 Å². The van der Waals surface area contributed by atoms with Gasteiger partial charge in [-0.05, 0) is 51.4 Å². The summed E-state index contributed by atoms with van der Waals surface area (Å²) in [5.74, 6) is 0.316. The second-order valence-electron chi connectivity index (χ2n) is 8.74. The molecule has 1 unspecified atom stereocenters. The number of fused-ring (bicyclic) bond motifs is 2. The minimum Gasteiger partial charge on any atom is -0.463 e. The van der Waals surface area contributed by atoms with Crippen LogP contribution in [0.1, 0.15) is 59.3 Å². The molecule has 7 atom stereocenters. The van der Waals surface area contributed by atoms with E-state index in [4.69, 9.17) is 35.6 Å². The topological polar surface area (TPSA) is 63.2 Å². The maximum atomic E-state index is 12.0. The van der Waals surface area contributed by atoms with Gasteiger partial charge in [-0.1, -0.05) is 6.92 Å². The lowest BCUT2D eigenvalue weighted by atomic mass is 9.60. The molecule has 26 heavy (non-hydrogen) atoms. The molecule has 5 rings (SSSR count). The van der Waals surface area contributed by atoms with Crippen molar-refractivity contribution in [2.24, 2.45) is 17.8 Å². The number of alkyl halides is 1. The van der Waals surface area contributed by atoms with Gasteiger partial charge in [0.15, 0.2) is 11.9 Å². The summed E-state index contributed by atoms with van der Waals surface area (Å²) in [6.45, 7) is 6.38. The number of ether oxygens (including phenoxy) is 3. The van der Waals surface area contributed by atoms with Crippen LogP contribution in [0.5, 0.6) is 0 Å². The molecule has 4 saturated heterocycles. The van der Waals surface area contributed by atoms with Crippen LogP contribution >= 0.6 is 11.6 Å². The number of carbonyl (C=O) groups excluding carboxylic acids is 1. The molecule has 0 N–H and O–H groups in total. The maximum absolute atomic E-state index is 12.0. The molecule has 2 bridgehead atoms. The lowest BCUT2D eigenvalue weighted by Crippen LogP contribution is -2.62. The van der Waals surface area contributed by atoms with Crippen LogP contribution < -0.4 is 0 Å². The summed E-state index contributed by atoms with van der Waals surface area (Å²) >= 11 is 5.66. The first-order valence-corrected chi connectivity index (χ1v) is 10.3. The summed E-state index contributed by atoms with van der Waals surface area (Å²) in [5.41, 5.74) is -1.27. The molecule has 1 spiro atoms. The number of halogens is 1. The van der Waals surface area contributed by atoms with Gasteiger partial charge < -0.3 is 14.2 Å². The second-order valence-corrected chi connectivity index (χ2v) is 9.12. The van der Waals surface area contributed by atoms with E-state index in [9.17, 15) is 4.79 Å². The maximum Gasteiger partial charge on any atom is 0.305 e. The van der Waals surface area contributed by atoms with Crippen LogP contribution in [0.4, 0.5) is 0 Å². The van der Waals surface area contributed by atoms with Crippen molar-refractivity contribution in [3.63, 3.8) is 0 Å². The van der Waals surface area contributed by atoms with Crippen LogP contribution in [-0.4, -0.2) is 41.7 Å². The summed E-state index contributed by atoms with van der Waals surface area (Å²) < 4.78 is 18.2. The molecular formula is C19H29ClO6. The van der Waals surface area contributed by atoms with Gasteiger partial charge in [-0.2, -0.15) is 0 Å². The summed E-state index contributed by atoms with van der Waals surface area (Å²) in [5, 5.41) is 0. The van der Waals surface area contributed by atoms with Gasteiger partial charge in [-0.3, -0.25) is 4.79 Å². The summed E-state index contributed by atoms with van der Waals surface area (Å²) in [6, 6.07) is 0. The Morgan fingerprint density at radius 3 is 2.77 bits per heavy atom. The van der Waals surface area contributed by atoms with E-state index in [1.165, 1.54) is 0 Å². The number of hydrogen-bond acceptors (Lipinski definition) is 6. The lowest BCUT2D eigenvalue weighted by molar-refractivity contribution is -0.541. The molecule has 4 aliphatic heterocycles. The monoisotopic (exact) mass is 388 g/mol. The van der Waals surface area contributed by atoms with Crippen LogP contribution in [0.3, 0.4) is 0 Å². The van der Waals surface area contributed by atoms with Crippen molar-refractivity contribution in [3.05, 3.63) is 0 Å². The molecule has 4 heterocycles. The van der Waals surface area contributed by atoms with Crippen molar-refractivity contribution in [2.75, 3.05) is 12.5 Å². The van der Waals surface area contributed by atoms with Gasteiger partial charge in [0.25, 0.3) is 0 Å². The van der Waals surface area contributed by atoms with Crippen molar-refractivity contribution in [1.29, 1.82) is 0 Å². The van der Waals surface area contributed by atoms with Crippen LogP contribution in [-0.2, 0) is 28.8 Å². The highest BCUT2D eigenvalue weighted by Crippen LogP contribution is 2.63. The van der Waals surface area contributed by atoms with E-state index in [0.717, 1.165) is 25.7 Å². The predicted molar refractivity (Wildman–Crippen MR) is 93.2 cm³/mol. The molecule has 5 aliphatic rings. The first kappa shape index (κ1) is 18.9. The average Bonchev–Trinajstić information content (AvgIpc) is 2.70. The molecule has 6 nitrogen and oxygen atoms in total. The van der Waals surface area contributed by atoms with Crippen molar-refractivity contribution in [1.82, 2.24) is 0 Å². The molecule has 1 saturated carbocycles. The Balaban J connectivity index is 1.58. The molecule has 148 valence electrons. The van der Waals surface area contributed by atoms with E-state index in [1.54, 1.807) is 0 Å². The Bertz CT molecular complexity index is 572. The standard InChI is InChI=1S/C19H29ClO6/c1-12-6-7-14-17(2,11-22-15(21)5-4-10-20)23-16-19(14)13(12)8-9-18(3,24-16)25-26-19/h12-14,16H,4-11H2,1-3H3/t12-,13+,14?,16+,17-,18-,19-/m1/s1. The average molecular weight is 389 g/mol. The smallest absolute Gasteiger partial charge is 0.305 e. The highest BCUT2D eigenvalue weighted by molar-refractivity contribution is 6.17. The van der Waals surface area contributed by atoms with E-state index in [2.05, 4.69) is 6.92 Å². The summed E-state index contributed by atoms with van der Waals surface area (Å²) in [6.07, 6.45) is 4.27. The van der Waals surface area contributed by atoms with E-state index < -0.39 is 23.3 Å².